The number of allylic oxidation sites excluding steroid dienone is 3. The summed E-state index contributed by atoms with van der Waals surface area (Å²) < 4.78 is 178. The Bertz CT molecular complexity index is 1290. The molecular formula is C20H14F13N5O2. The van der Waals surface area contributed by atoms with Gasteiger partial charge < -0.3 is 10.5 Å². The number of hydrogen-bond donors (Lipinski definition) is 1. The van der Waals surface area contributed by atoms with Crippen molar-refractivity contribution in [1.29, 1.82) is 5.26 Å². The molecule has 2 aliphatic rings. The quantitative estimate of drug-likeness (QED) is 0.409. The fraction of sp³-hybridized carbons (Fsp3) is 0.600. The minimum absolute atomic E-state index is 0.00101. The van der Waals surface area contributed by atoms with Gasteiger partial charge in [-0.1, -0.05) is 5.21 Å². The molecule has 1 aromatic rings. The Morgan fingerprint density at radius 2 is 1.52 bits per heavy atom. The second-order valence-electron chi connectivity index (χ2n) is 8.69. The average Bonchev–Trinajstić information content (AvgIpc) is 3.29. The number of halogens is 13. The van der Waals surface area contributed by atoms with Gasteiger partial charge in [-0.2, -0.15) is 62.3 Å². The average molecular weight is 603 g/mol. The SMILES string of the molecule is N#CC1=C(N)OC2=C(C(=O)CCC2)C1c1cn(CCC(F)(F)C(F)(F)C(F)(F)C(F)(F)C(F)(F)C(F)(F)F)nn1. The van der Waals surface area contributed by atoms with Gasteiger partial charge in [0.05, 0.1) is 11.6 Å². The van der Waals surface area contributed by atoms with E-state index in [1.54, 1.807) is 6.07 Å². The molecule has 2 N–H and O–H groups in total. The van der Waals surface area contributed by atoms with Gasteiger partial charge in [0.2, 0.25) is 5.88 Å². The lowest BCUT2D eigenvalue weighted by Crippen LogP contribution is -2.70. The molecule has 0 bridgehead atoms. The number of Topliss-reactive ketones (excluding diaryl/α,β-unsaturated/α-hetero) is 1. The summed E-state index contributed by atoms with van der Waals surface area (Å²) in [5, 5.41) is 16.2. The molecule has 1 aromatic heterocycles. The number of rotatable bonds is 8. The molecule has 0 fully saturated rings. The number of aryl methyl sites for hydroxylation is 1. The van der Waals surface area contributed by atoms with E-state index in [-0.39, 0.29) is 40.1 Å². The predicted octanol–water partition coefficient (Wildman–Crippen LogP) is 5.22. The predicted molar refractivity (Wildman–Crippen MR) is 102 cm³/mol. The van der Waals surface area contributed by atoms with Crippen LogP contribution in [0.4, 0.5) is 57.1 Å². The molecule has 3 rings (SSSR count). The van der Waals surface area contributed by atoms with Crippen molar-refractivity contribution < 1.29 is 66.6 Å². The standard InChI is InChI=1S/C20H14F13N5O2/c21-15(22,16(23,24)17(25,26)18(27,28)19(29,30)20(31,32)33)4-5-38-7-9(36-37-38)12-8(6-34)14(35)40-11-3-1-2-10(39)13(11)12/h7,12H,1-5,35H2. The largest absolute Gasteiger partial charge is 0.460 e. The van der Waals surface area contributed by atoms with Gasteiger partial charge in [-0.15, -0.1) is 5.10 Å². The molecule has 2 heterocycles. The second-order valence-corrected chi connectivity index (χ2v) is 8.69. The third-order valence-electron chi connectivity index (χ3n) is 6.11. The smallest absolute Gasteiger partial charge is 0.444 e. The Balaban J connectivity index is 1.89. The number of carbonyl (C=O) groups excluding carboxylic acids is 1. The molecule has 40 heavy (non-hydrogen) atoms. The Kier molecular flexibility index (Phi) is 7.39. The highest BCUT2D eigenvalue weighted by molar-refractivity contribution is 5.99. The van der Waals surface area contributed by atoms with Gasteiger partial charge in [-0.05, 0) is 6.42 Å². The van der Waals surface area contributed by atoms with Crippen molar-refractivity contribution in [2.75, 3.05) is 0 Å². The molecule has 0 radical (unpaired) electrons. The van der Waals surface area contributed by atoms with E-state index in [1.807, 2.05) is 0 Å². The second kappa shape index (κ2) is 9.54. The van der Waals surface area contributed by atoms with Crippen LogP contribution in [0.15, 0.2) is 29.0 Å². The Labute approximate surface area is 214 Å². The number of nitrogens with zero attached hydrogens (tertiary/aromatic N) is 4. The van der Waals surface area contributed by atoms with E-state index in [9.17, 15) is 67.1 Å². The van der Waals surface area contributed by atoms with Crippen molar-refractivity contribution in [2.45, 2.75) is 73.9 Å². The first kappa shape index (κ1) is 31.0. The van der Waals surface area contributed by atoms with Gasteiger partial charge in [0.15, 0.2) is 5.78 Å². The van der Waals surface area contributed by atoms with E-state index in [4.69, 9.17) is 10.5 Å². The molecule has 7 nitrogen and oxygen atoms in total. The van der Waals surface area contributed by atoms with E-state index in [0.717, 1.165) is 0 Å². The maximum Gasteiger partial charge on any atom is 0.460 e. The lowest BCUT2D eigenvalue weighted by molar-refractivity contribution is -0.440. The molecule has 0 amide bonds. The van der Waals surface area contributed by atoms with Crippen LogP contribution in [0.3, 0.4) is 0 Å². The summed E-state index contributed by atoms with van der Waals surface area (Å²) >= 11 is 0. The van der Waals surface area contributed by atoms with Crippen LogP contribution in [0, 0.1) is 11.3 Å². The third-order valence-corrected chi connectivity index (χ3v) is 6.11. The molecule has 0 saturated heterocycles. The number of ketones is 1. The van der Waals surface area contributed by atoms with Gasteiger partial charge in [-0.25, -0.2) is 0 Å². The molecule has 20 heteroatoms. The molecule has 0 spiro atoms. The van der Waals surface area contributed by atoms with E-state index < -0.39 is 66.3 Å². The molecule has 222 valence electrons. The van der Waals surface area contributed by atoms with Crippen LogP contribution in [-0.4, -0.2) is 56.6 Å². The van der Waals surface area contributed by atoms with Crippen molar-refractivity contribution in [3.05, 3.63) is 34.7 Å². The van der Waals surface area contributed by atoms with Gasteiger partial charge in [0, 0.05) is 37.6 Å². The van der Waals surface area contributed by atoms with Gasteiger partial charge >= 0.3 is 35.8 Å². The van der Waals surface area contributed by atoms with Gasteiger partial charge in [-0.3, -0.25) is 9.48 Å². The third kappa shape index (κ3) is 4.52. The minimum Gasteiger partial charge on any atom is -0.444 e. The highest BCUT2D eigenvalue weighted by atomic mass is 19.4. The van der Waals surface area contributed by atoms with E-state index in [2.05, 4.69) is 10.3 Å². The van der Waals surface area contributed by atoms with Crippen LogP contribution < -0.4 is 5.73 Å². The number of alkyl halides is 13. The monoisotopic (exact) mass is 603 g/mol. The highest BCUT2D eigenvalue weighted by Gasteiger charge is 2.90. The van der Waals surface area contributed by atoms with E-state index in [0.29, 0.717) is 12.6 Å². The van der Waals surface area contributed by atoms with Crippen LogP contribution in [0.5, 0.6) is 0 Å². The van der Waals surface area contributed by atoms with Crippen molar-refractivity contribution in [3.63, 3.8) is 0 Å². The fourth-order valence-corrected chi connectivity index (χ4v) is 3.92. The zero-order chi connectivity index (χ0) is 30.7. The lowest BCUT2D eigenvalue weighted by Gasteiger charge is -2.39. The minimum atomic E-state index is -7.99. The Morgan fingerprint density at radius 1 is 0.950 bits per heavy atom. The molecule has 1 unspecified atom stereocenters. The van der Waals surface area contributed by atoms with E-state index >= 15 is 0 Å². The van der Waals surface area contributed by atoms with Crippen LogP contribution in [0.1, 0.15) is 37.3 Å². The maximum absolute atomic E-state index is 14.1. The summed E-state index contributed by atoms with van der Waals surface area (Å²) in [7, 11) is 0. The van der Waals surface area contributed by atoms with Crippen molar-refractivity contribution >= 4 is 5.78 Å². The lowest BCUT2D eigenvalue weighted by atomic mass is 9.80. The number of nitriles is 1. The molecule has 1 aliphatic heterocycles. The molecule has 0 saturated carbocycles. The highest BCUT2D eigenvalue weighted by Crippen LogP contribution is 2.60. The van der Waals surface area contributed by atoms with Crippen LogP contribution in [0.25, 0.3) is 0 Å². The summed E-state index contributed by atoms with van der Waals surface area (Å²) in [6.07, 6.45) is -8.81. The normalized spacial score (nSPS) is 19.9. The summed E-state index contributed by atoms with van der Waals surface area (Å²) in [6, 6.07) is 1.65. The summed E-state index contributed by atoms with van der Waals surface area (Å²) in [5.74, 6) is -39.7. The number of carbonyl (C=O) groups is 1. The first-order valence-electron chi connectivity index (χ1n) is 10.7. The zero-order valence-corrected chi connectivity index (χ0v) is 19.3. The van der Waals surface area contributed by atoms with E-state index in [1.165, 1.54) is 0 Å². The van der Waals surface area contributed by atoms with Crippen molar-refractivity contribution in [2.24, 2.45) is 5.73 Å². The Morgan fingerprint density at radius 3 is 2.08 bits per heavy atom. The summed E-state index contributed by atoms with van der Waals surface area (Å²) in [4.78, 5) is 12.5. The maximum atomic E-state index is 14.1. The summed E-state index contributed by atoms with van der Waals surface area (Å²) in [6.45, 7) is -1.54. The first-order valence-corrected chi connectivity index (χ1v) is 10.7. The number of aromatic nitrogens is 3. The molecule has 0 aromatic carbocycles. The summed E-state index contributed by atoms with van der Waals surface area (Å²) in [5.41, 5.74) is 4.82. The van der Waals surface area contributed by atoms with Crippen LogP contribution >= 0.6 is 0 Å². The number of nitrogens with two attached hydrogens (primary N) is 1. The molecule has 1 aliphatic carbocycles. The molecular weight excluding hydrogens is 589 g/mol. The fourth-order valence-electron chi connectivity index (χ4n) is 3.92. The van der Waals surface area contributed by atoms with Gasteiger partial charge in [0.1, 0.15) is 17.4 Å². The first-order chi connectivity index (χ1) is 18.0. The topological polar surface area (TPSA) is 107 Å². The van der Waals surface area contributed by atoms with Crippen LogP contribution in [-0.2, 0) is 16.1 Å². The Hall–Kier alpha value is -3.53. The number of ether oxygens (including phenoxy) is 1. The molecule has 1 atom stereocenters. The van der Waals surface area contributed by atoms with Gasteiger partial charge in [0.25, 0.3) is 0 Å². The van der Waals surface area contributed by atoms with Crippen molar-refractivity contribution in [3.8, 4) is 6.07 Å². The van der Waals surface area contributed by atoms with Crippen molar-refractivity contribution in [1.82, 2.24) is 15.0 Å². The van der Waals surface area contributed by atoms with Crippen LogP contribution in [0.2, 0.25) is 0 Å². The zero-order valence-electron chi connectivity index (χ0n) is 19.3. The number of hydrogen-bond acceptors (Lipinski definition) is 6.